The summed E-state index contributed by atoms with van der Waals surface area (Å²) < 4.78 is 12.8. The molecule has 4 heteroatoms. The molecule has 0 bridgehead atoms. The second kappa shape index (κ2) is 6.02. The minimum atomic E-state index is -0.924. The predicted octanol–water partition coefficient (Wildman–Crippen LogP) is 1.95. The zero-order valence-corrected chi connectivity index (χ0v) is 9.03. The van der Waals surface area contributed by atoms with E-state index in [1.165, 1.54) is 19.1 Å². The first kappa shape index (κ1) is 12.4. The van der Waals surface area contributed by atoms with Gasteiger partial charge in [-0.2, -0.15) is 0 Å². The molecule has 0 saturated carbocycles. The summed E-state index contributed by atoms with van der Waals surface area (Å²) in [6, 6.07) is 6.28. The molecule has 0 atom stereocenters. The van der Waals surface area contributed by atoms with E-state index in [0.29, 0.717) is 18.7 Å². The van der Waals surface area contributed by atoms with Crippen LogP contribution >= 0.6 is 0 Å². The van der Waals surface area contributed by atoms with Gasteiger partial charge >= 0.3 is 5.97 Å². The van der Waals surface area contributed by atoms with Gasteiger partial charge in [0.15, 0.2) is 0 Å². The van der Waals surface area contributed by atoms with Crippen molar-refractivity contribution in [1.29, 1.82) is 0 Å². The molecule has 2 N–H and O–H groups in total. The summed E-state index contributed by atoms with van der Waals surface area (Å²) in [6.07, 6.45) is 1.58. The summed E-state index contributed by atoms with van der Waals surface area (Å²) in [5.41, 5.74) is 1.13. The zero-order valence-electron chi connectivity index (χ0n) is 9.03. The SMILES string of the molecule is C/C(=C/CNCc1cccc(F)c1)C(=O)O. The Kier molecular flexibility index (Phi) is 4.66. The largest absolute Gasteiger partial charge is 0.478 e. The summed E-state index contributed by atoms with van der Waals surface area (Å²) in [4.78, 5) is 10.5. The zero-order chi connectivity index (χ0) is 12.0. The number of rotatable bonds is 5. The highest BCUT2D eigenvalue weighted by atomic mass is 19.1. The number of benzene rings is 1. The maximum absolute atomic E-state index is 12.8. The van der Waals surface area contributed by atoms with Crippen molar-refractivity contribution in [2.45, 2.75) is 13.5 Å². The fraction of sp³-hybridized carbons (Fsp3) is 0.250. The van der Waals surface area contributed by atoms with Crippen LogP contribution in [0.1, 0.15) is 12.5 Å². The van der Waals surface area contributed by atoms with Crippen molar-refractivity contribution in [3.8, 4) is 0 Å². The van der Waals surface area contributed by atoms with Crippen LogP contribution in [0.3, 0.4) is 0 Å². The second-order valence-corrected chi connectivity index (χ2v) is 3.45. The van der Waals surface area contributed by atoms with Crippen LogP contribution in [-0.2, 0) is 11.3 Å². The molecule has 86 valence electrons. The van der Waals surface area contributed by atoms with Gasteiger partial charge in [0, 0.05) is 18.7 Å². The number of hydrogen-bond acceptors (Lipinski definition) is 2. The second-order valence-electron chi connectivity index (χ2n) is 3.45. The molecule has 0 fully saturated rings. The van der Waals surface area contributed by atoms with E-state index in [1.54, 1.807) is 12.1 Å². The van der Waals surface area contributed by atoms with Crippen molar-refractivity contribution in [2.24, 2.45) is 0 Å². The summed E-state index contributed by atoms with van der Waals surface area (Å²) in [5.74, 6) is -1.19. The van der Waals surface area contributed by atoms with Crippen molar-refractivity contribution in [1.82, 2.24) is 5.32 Å². The van der Waals surface area contributed by atoms with Gasteiger partial charge < -0.3 is 10.4 Å². The monoisotopic (exact) mass is 223 g/mol. The molecule has 0 aliphatic carbocycles. The first-order valence-corrected chi connectivity index (χ1v) is 4.95. The fourth-order valence-electron chi connectivity index (χ4n) is 1.18. The fourth-order valence-corrected chi connectivity index (χ4v) is 1.18. The minimum absolute atomic E-state index is 0.267. The van der Waals surface area contributed by atoms with Crippen molar-refractivity contribution in [2.75, 3.05) is 6.54 Å². The Morgan fingerprint density at radius 3 is 2.94 bits per heavy atom. The van der Waals surface area contributed by atoms with Crippen LogP contribution in [0.2, 0.25) is 0 Å². The normalized spacial score (nSPS) is 11.5. The van der Waals surface area contributed by atoms with Crippen LogP contribution in [0, 0.1) is 5.82 Å². The number of hydrogen-bond donors (Lipinski definition) is 2. The Morgan fingerprint density at radius 2 is 2.31 bits per heavy atom. The molecule has 16 heavy (non-hydrogen) atoms. The Balaban J connectivity index is 2.36. The van der Waals surface area contributed by atoms with Gasteiger partial charge in [0.05, 0.1) is 0 Å². The van der Waals surface area contributed by atoms with Gasteiger partial charge in [-0.05, 0) is 24.6 Å². The van der Waals surface area contributed by atoms with Crippen LogP contribution < -0.4 is 5.32 Å². The lowest BCUT2D eigenvalue weighted by atomic mass is 10.2. The number of aliphatic carboxylic acids is 1. The highest BCUT2D eigenvalue weighted by molar-refractivity contribution is 5.85. The van der Waals surface area contributed by atoms with E-state index < -0.39 is 5.97 Å². The summed E-state index contributed by atoms with van der Waals surface area (Å²) in [5, 5.41) is 11.6. The van der Waals surface area contributed by atoms with E-state index in [4.69, 9.17) is 5.11 Å². The Bertz CT molecular complexity index is 402. The highest BCUT2D eigenvalue weighted by Gasteiger charge is 1.98. The maximum Gasteiger partial charge on any atom is 0.330 e. The summed E-state index contributed by atoms with van der Waals surface area (Å²) in [6.45, 7) is 2.50. The van der Waals surface area contributed by atoms with Crippen LogP contribution in [0.4, 0.5) is 4.39 Å². The van der Waals surface area contributed by atoms with Crippen LogP contribution in [0.25, 0.3) is 0 Å². The van der Waals surface area contributed by atoms with E-state index in [9.17, 15) is 9.18 Å². The Hall–Kier alpha value is -1.68. The molecule has 0 radical (unpaired) electrons. The average molecular weight is 223 g/mol. The molecule has 0 aliphatic heterocycles. The molecule has 0 amide bonds. The van der Waals surface area contributed by atoms with Gasteiger partial charge in [-0.15, -0.1) is 0 Å². The van der Waals surface area contributed by atoms with Gasteiger partial charge in [0.2, 0.25) is 0 Å². The van der Waals surface area contributed by atoms with E-state index in [2.05, 4.69) is 5.32 Å². The molecule has 0 heterocycles. The first-order chi connectivity index (χ1) is 7.59. The van der Waals surface area contributed by atoms with Crippen molar-refractivity contribution in [3.05, 3.63) is 47.3 Å². The van der Waals surface area contributed by atoms with E-state index in [-0.39, 0.29) is 5.82 Å². The molecular weight excluding hydrogens is 209 g/mol. The Morgan fingerprint density at radius 1 is 1.56 bits per heavy atom. The first-order valence-electron chi connectivity index (χ1n) is 4.95. The number of nitrogens with one attached hydrogen (secondary N) is 1. The molecule has 0 spiro atoms. The number of halogens is 1. The van der Waals surface area contributed by atoms with Crippen LogP contribution in [-0.4, -0.2) is 17.6 Å². The smallest absolute Gasteiger partial charge is 0.330 e. The van der Waals surface area contributed by atoms with E-state index >= 15 is 0 Å². The van der Waals surface area contributed by atoms with E-state index in [1.807, 2.05) is 6.07 Å². The lowest BCUT2D eigenvalue weighted by Gasteiger charge is -2.02. The molecule has 1 aromatic rings. The minimum Gasteiger partial charge on any atom is -0.478 e. The van der Waals surface area contributed by atoms with Gasteiger partial charge in [0.25, 0.3) is 0 Å². The number of carboxylic acid groups (broad SMARTS) is 1. The standard InChI is InChI=1S/C12H14FNO2/c1-9(12(15)16)5-6-14-8-10-3-2-4-11(13)7-10/h2-5,7,14H,6,8H2,1H3,(H,15,16)/b9-5-. The molecule has 0 aliphatic rings. The molecule has 1 aromatic carbocycles. The molecule has 0 unspecified atom stereocenters. The summed E-state index contributed by atoms with van der Waals surface area (Å²) in [7, 11) is 0. The van der Waals surface area contributed by atoms with Gasteiger partial charge in [-0.3, -0.25) is 0 Å². The molecule has 1 rings (SSSR count). The molecular formula is C12H14FNO2. The Labute approximate surface area is 93.6 Å². The third kappa shape index (κ3) is 4.23. The van der Waals surface area contributed by atoms with Crippen molar-refractivity contribution >= 4 is 5.97 Å². The summed E-state index contributed by atoms with van der Waals surface area (Å²) >= 11 is 0. The van der Waals surface area contributed by atoms with Gasteiger partial charge in [-0.1, -0.05) is 18.2 Å². The topological polar surface area (TPSA) is 49.3 Å². The maximum atomic E-state index is 12.8. The molecule has 0 saturated heterocycles. The lowest BCUT2D eigenvalue weighted by Crippen LogP contribution is -2.14. The van der Waals surface area contributed by atoms with E-state index in [0.717, 1.165) is 5.56 Å². The lowest BCUT2D eigenvalue weighted by molar-refractivity contribution is -0.132. The van der Waals surface area contributed by atoms with Crippen LogP contribution in [0.5, 0.6) is 0 Å². The van der Waals surface area contributed by atoms with Gasteiger partial charge in [0.1, 0.15) is 5.82 Å². The third-order valence-corrected chi connectivity index (χ3v) is 2.11. The molecule has 0 aromatic heterocycles. The van der Waals surface area contributed by atoms with Gasteiger partial charge in [-0.25, -0.2) is 9.18 Å². The average Bonchev–Trinajstić information content (AvgIpc) is 2.24. The predicted molar refractivity (Wildman–Crippen MR) is 59.5 cm³/mol. The number of carbonyl (C=O) groups is 1. The molecule has 3 nitrogen and oxygen atoms in total. The highest BCUT2D eigenvalue weighted by Crippen LogP contribution is 2.02. The van der Waals surface area contributed by atoms with Crippen molar-refractivity contribution < 1.29 is 14.3 Å². The quantitative estimate of drug-likeness (QED) is 0.592. The third-order valence-electron chi connectivity index (χ3n) is 2.11. The van der Waals surface area contributed by atoms with Crippen molar-refractivity contribution in [3.63, 3.8) is 0 Å². The number of carboxylic acids is 1. The van der Waals surface area contributed by atoms with Crippen LogP contribution in [0.15, 0.2) is 35.9 Å².